The molecule has 0 bridgehead atoms. The normalized spacial score (nSPS) is 27.2. The standard InChI is InChI=1S/C12H15N2O2PS2/c15-17(18,19)14-7-8-16-12(14)13-11-6-5-9-3-1-2-4-10(9)11/h1-4,11H,5-8H2,(H2,15,18,19)/t11-/m0/s1. The largest absolute Gasteiger partial charge is 0.463 e. The van der Waals surface area contributed by atoms with Crippen LogP contribution in [0, 0.1) is 0 Å². The Kier molecular flexibility index (Phi) is 3.60. The minimum atomic E-state index is -2.81. The summed E-state index contributed by atoms with van der Waals surface area (Å²) in [6.07, 6.45) is 2.01. The number of hydrogen-bond acceptors (Lipinski definition) is 3. The van der Waals surface area contributed by atoms with E-state index in [1.54, 1.807) is 4.67 Å². The molecule has 7 heteroatoms. The zero-order valence-electron chi connectivity index (χ0n) is 10.3. The highest BCUT2D eigenvalue weighted by Crippen LogP contribution is 2.52. The number of thiol groups is 1. The zero-order valence-corrected chi connectivity index (χ0v) is 12.9. The number of aryl methyl sites for hydroxylation is 1. The quantitative estimate of drug-likeness (QED) is 0.650. The summed E-state index contributed by atoms with van der Waals surface area (Å²) in [6, 6.07) is 8.86. The summed E-state index contributed by atoms with van der Waals surface area (Å²) in [7, 11) is 0. The van der Waals surface area contributed by atoms with Gasteiger partial charge in [-0.1, -0.05) is 36.5 Å². The molecule has 19 heavy (non-hydrogen) atoms. The average Bonchev–Trinajstić information content (AvgIpc) is 2.97. The molecular weight excluding hydrogens is 299 g/mol. The van der Waals surface area contributed by atoms with Gasteiger partial charge in [-0.15, -0.1) is 0 Å². The average molecular weight is 314 g/mol. The predicted molar refractivity (Wildman–Crippen MR) is 83.1 cm³/mol. The Morgan fingerprint density at radius 1 is 1.47 bits per heavy atom. The van der Waals surface area contributed by atoms with E-state index in [1.165, 1.54) is 11.1 Å². The molecule has 3 rings (SSSR count). The third-order valence-electron chi connectivity index (χ3n) is 3.44. The van der Waals surface area contributed by atoms with Gasteiger partial charge >= 0.3 is 0 Å². The lowest BCUT2D eigenvalue weighted by Crippen LogP contribution is -2.21. The number of benzene rings is 1. The van der Waals surface area contributed by atoms with Crippen LogP contribution in [-0.4, -0.2) is 28.7 Å². The van der Waals surface area contributed by atoms with Gasteiger partial charge in [0, 0.05) is 0 Å². The minimum absolute atomic E-state index is 0.0988. The van der Waals surface area contributed by atoms with Gasteiger partial charge in [-0.25, -0.2) is 4.99 Å². The Morgan fingerprint density at radius 3 is 3.05 bits per heavy atom. The van der Waals surface area contributed by atoms with Crippen molar-refractivity contribution >= 4 is 35.7 Å². The second kappa shape index (κ2) is 5.09. The van der Waals surface area contributed by atoms with Crippen molar-refractivity contribution in [1.82, 2.24) is 4.67 Å². The number of amidine groups is 1. The fraction of sp³-hybridized carbons (Fsp3) is 0.417. The summed E-state index contributed by atoms with van der Waals surface area (Å²) in [5.41, 5.74) is -0.216. The van der Waals surface area contributed by atoms with E-state index < -0.39 is 5.62 Å². The summed E-state index contributed by atoms with van der Waals surface area (Å²) in [5, 5.41) is 0. The van der Waals surface area contributed by atoms with Crippen LogP contribution in [0.15, 0.2) is 29.3 Å². The van der Waals surface area contributed by atoms with Gasteiger partial charge in [0.15, 0.2) is 0 Å². The van der Waals surface area contributed by atoms with Crippen molar-refractivity contribution in [2.75, 3.05) is 13.2 Å². The lowest BCUT2D eigenvalue weighted by molar-refractivity contribution is 0.348. The molecule has 0 aromatic heterocycles. The van der Waals surface area contributed by atoms with Crippen LogP contribution in [0.2, 0.25) is 0 Å². The second-order valence-electron chi connectivity index (χ2n) is 4.65. The Hall–Kier alpha value is -0.550. The highest BCUT2D eigenvalue weighted by atomic mass is 32.9. The van der Waals surface area contributed by atoms with Crippen LogP contribution in [0.25, 0.3) is 0 Å². The monoisotopic (exact) mass is 314 g/mol. The lowest BCUT2D eigenvalue weighted by atomic mass is 10.1. The molecule has 0 amide bonds. The van der Waals surface area contributed by atoms with E-state index in [9.17, 15) is 4.89 Å². The van der Waals surface area contributed by atoms with Gasteiger partial charge in [-0.2, -0.15) is 0 Å². The number of nitrogens with zero attached hydrogens (tertiary/aromatic N) is 2. The van der Waals surface area contributed by atoms with E-state index in [1.807, 2.05) is 12.1 Å². The molecule has 1 aliphatic carbocycles. The zero-order chi connectivity index (χ0) is 13.5. The first-order valence-electron chi connectivity index (χ1n) is 6.17. The molecule has 0 saturated carbocycles. The summed E-state index contributed by atoms with van der Waals surface area (Å²) in [4.78, 5) is 14.5. The predicted octanol–water partition coefficient (Wildman–Crippen LogP) is 2.51. The molecule has 2 aliphatic rings. The van der Waals surface area contributed by atoms with Crippen molar-refractivity contribution in [3.05, 3.63) is 35.4 Å². The third-order valence-corrected chi connectivity index (χ3v) is 5.68. The van der Waals surface area contributed by atoms with Gasteiger partial charge in [0.25, 0.3) is 6.02 Å². The van der Waals surface area contributed by atoms with E-state index in [0.29, 0.717) is 19.2 Å². The lowest BCUT2D eigenvalue weighted by Gasteiger charge is -2.22. The van der Waals surface area contributed by atoms with Gasteiger partial charge in [0.1, 0.15) is 6.61 Å². The maximum atomic E-state index is 9.91. The van der Waals surface area contributed by atoms with E-state index in [-0.39, 0.29) is 6.04 Å². The molecule has 1 heterocycles. The SMILES string of the molecule is OP(=S)(S)N1CCOC1=N[C@H]1CCc2ccccc21. The first-order valence-corrected chi connectivity index (χ1v) is 10.0. The Labute approximate surface area is 122 Å². The fourth-order valence-electron chi connectivity index (χ4n) is 2.54. The van der Waals surface area contributed by atoms with Crippen LogP contribution in [0.5, 0.6) is 0 Å². The Bertz CT molecular complexity index is 573. The topological polar surface area (TPSA) is 45.1 Å². The van der Waals surface area contributed by atoms with Gasteiger partial charge in [-0.3, -0.25) is 4.67 Å². The van der Waals surface area contributed by atoms with Crippen molar-refractivity contribution in [3.63, 3.8) is 0 Å². The number of rotatable bonds is 2. The van der Waals surface area contributed by atoms with Crippen LogP contribution in [0.4, 0.5) is 0 Å². The van der Waals surface area contributed by atoms with Gasteiger partial charge < -0.3 is 9.63 Å². The second-order valence-corrected chi connectivity index (χ2v) is 10.2. The summed E-state index contributed by atoms with van der Waals surface area (Å²) in [6.45, 7) is 1.07. The summed E-state index contributed by atoms with van der Waals surface area (Å²) in [5.74, 6) is 0. The van der Waals surface area contributed by atoms with E-state index >= 15 is 0 Å². The van der Waals surface area contributed by atoms with Crippen LogP contribution in [0.1, 0.15) is 23.6 Å². The molecule has 1 saturated heterocycles. The molecule has 0 radical (unpaired) electrons. The molecule has 1 N–H and O–H groups in total. The molecule has 1 fully saturated rings. The number of fused-ring (bicyclic) bond motifs is 1. The molecular formula is C12H15N2O2PS2. The van der Waals surface area contributed by atoms with Crippen molar-refractivity contribution in [1.29, 1.82) is 0 Å². The number of aliphatic imine (C=N–C) groups is 1. The third kappa shape index (κ3) is 2.68. The van der Waals surface area contributed by atoms with Gasteiger partial charge in [0.2, 0.25) is 5.62 Å². The molecule has 1 aromatic carbocycles. The van der Waals surface area contributed by atoms with Gasteiger partial charge in [-0.05, 0) is 35.8 Å². The van der Waals surface area contributed by atoms with Crippen molar-refractivity contribution in [2.24, 2.45) is 4.99 Å². The first kappa shape index (κ1) is 13.4. The van der Waals surface area contributed by atoms with Crippen molar-refractivity contribution < 1.29 is 9.63 Å². The Morgan fingerprint density at radius 2 is 2.26 bits per heavy atom. The molecule has 0 spiro atoms. The van der Waals surface area contributed by atoms with E-state index in [0.717, 1.165) is 12.8 Å². The van der Waals surface area contributed by atoms with Crippen molar-refractivity contribution in [2.45, 2.75) is 18.9 Å². The van der Waals surface area contributed by atoms with Crippen LogP contribution in [-0.2, 0) is 23.0 Å². The molecule has 1 aromatic rings. The molecule has 4 nitrogen and oxygen atoms in total. The van der Waals surface area contributed by atoms with Crippen LogP contribution in [0.3, 0.4) is 0 Å². The van der Waals surface area contributed by atoms with Crippen LogP contribution >= 0.6 is 17.9 Å². The smallest absolute Gasteiger partial charge is 0.294 e. The maximum Gasteiger partial charge on any atom is 0.294 e. The fourth-order valence-corrected chi connectivity index (χ4v) is 4.17. The summed E-state index contributed by atoms with van der Waals surface area (Å²) >= 11 is 9.14. The van der Waals surface area contributed by atoms with Crippen LogP contribution < -0.4 is 0 Å². The molecule has 1 aliphatic heterocycles. The van der Waals surface area contributed by atoms with Crippen molar-refractivity contribution in [3.8, 4) is 0 Å². The maximum absolute atomic E-state index is 9.91. The molecule has 102 valence electrons. The number of hydrogen-bond donors (Lipinski definition) is 2. The molecule has 1 unspecified atom stereocenters. The number of ether oxygens (including phenoxy) is 1. The van der Waals surface area contributed by atoms with E-state index in [2.05, 4.69) is 29.4 Å². The highest BCUT2D eigenvalue weighted by molar-refractivity contribution is 8.60. The summed E-state index contributed by atoms with van der Waals surface area (Å²) < 4.78 is 7.11. The first-order chi connectivity index (χ1) is 9.05. The van der Waals surface area contributed by atoms with Gasteiger partial charge in [0.05, 0.1) is 12.6 Å². The van der Waals surface area contributed by atoms with E-state index in [4.69, 9.17) is 16.5 Å². The molecule has 2 atom stereocenters. The minimum Gasteiger partial charge on any atom is -0.463 e. The Balaban J connectivity index is 1.89. The highest BCUT2D eigenvalue weighted by Gasteiger charge is 2.31.